The molecule has 0 aliphatic rings. The van der Waals surface area contributed by atoms with Gasteiger partial charge in [-0.1, -0.05) is 39.6 Å². The van der Waals surface area contributed by atoms with E-state index in [1.807, 2.05) is 24.3 Å². The molecule has 4 nitrogen and oxygen atoms in total. The molecule has 0 fully saturated rings. The maximum absolute atomic E-state index is 5.39. The molecule has 0 N–H and O–H groups in total. The van der Waals surface area contributed by atoms with Crippen molar-refractivity contribution in [1.29, 1.82) is 0 Å². The smallest absolute Gasteiger partial charge is 0.162 e. The largest absolute Gasteiger partial charge is 0.497 e. The summed E-state index contributed by atoms with van der Waals surface area (Å²) in [5.74, 6) is 15.2. The van der Waals surface area contributed by atoms with Crippen LogP contribution in [-0.2, 0) is 0 Å². The van der Waals surface area contributed by atoms with Gasteiger partial charge < -0.3 is 18.9 Å². The van der Waals surface area contributed by atoms with Crippen LogP contribution in [0.25, 0.3) is 0 Å². The van der Waals surface area contributed by atoms with E-state index in [4.69, 9.17) is 18.9 Å². The van der Waals surface area contributed by atoms with Crippen molar-refractivity contribution in [3.05, 3.63) is 47.0 Å². The first-order valence-corrected chi connectivity index (χ1v) is 9.33. The first-order valence-electron chi connectivity index (χ1n) is 8.21. The third-order valence-electron chi connectivity index (χ3n) is 3.66. The molecule has 27 heavy (non-hydrogen) atoms. The minimum absolute atomic E-state index is 0.607. The van der Waals surface area contributed by atoms with E-state index < -0.39 is 0 Å². The van der Waals surface area contributed by atoms with Crippen LogP contribution >= 0.6 is 15.9 Å². The van der Waals surface area contributed by atoms with Crippen LogP contribution in [0.15, 0.2) is 30.3 Å². The number of rotatable bonds is 5. The van der Waals surface area contributed by atoms with E-state index in [0.29, 0.717) is 23.0 Å². The van der Waals surface area contributed by atoms with Crippen molar-refractivity contribution in [3.8, 4) is 46.7 Å². The lowest BCUT2D eigenvalue weighted by Crippen LogP contribution is -1.94. The maximum atomic E-state index is 5.39. The van der Waals surface area contributed by atoms with Gasteiger partial charge in [0, 0.05) is 46.6 Å². The van der Waals surface area contributed by atoms with Crippen molar-refractivity contribution in [2.75, 3.05) is 33.8 Å². The lowest BCUT2D eigenvalue weighted by Gasteiger charge is -2.09. The van der Waals surface area contributed by atoms with E-state index in [1.54, 1.807) is 34.5 Å². The molecule has 2 aromatic carbocycles. The van der Waals surface area contributed by atoms with Gasteiger partial charge in [0.1, 0.15) is 11.5 Å². The number of hydrogen-bond acceptors (Lipinski definition) is 4. The summed E-state index contributed by atoms with van der Waals surface area (Å²) in [6.45, 7) is 0. The fraction of sp³-hybridized carbons (Fsp3) is 0.273. The summed E-state index contributed by atoms with van der Waals surface area (Å²) in [5.41, 5.74) is 2.33. The molecule has 140 valence electrons. The first kappa shape index (κ1) is 20.6. The van der Waals surface area contributed by atoms with Crippen LogP contribution in [0.2, 0.25) is 0 Å². The molecule has 0 bridgehead atoms. The van der Waals surface area contributed by atoms with Crippen molar-refractivity contribution >= 4 is 15.9 Å². The van der Waals surface area contributed by atoms with E-state index in [1.165, 1.54) is 0 Å². The SMILES string of the molecule is COc1cc(C#Cc2cc(OC)c(OC)cc2C#CCCBr)cc(OC)c1. The van der Waals surface area contributed by atoms with Gasteiger partial charge in [0.2, 0.25) is 0 Å². The van der Waals surface area contributed by atoms with Crippen molar-refractivity contribution < 1.29 is 18.9 Å². The molecular formula is C22H21BrO4. The van der Waals surface area contributed by atoms with Crippen molar-refractivity contribution in [2.45, 2.75) is 6.42 Å². The lowest BCUT2D eigenvalue weighted by molar-refractivity contribution is 0.355. The van der Waals surface area contributed by atoms with Crippen molar-refractivity contribution in [3.63, 3.8) is 0 Å². The normalized spacial score (nSPS) is 9.37. The predicted molar refractivity (Wildman–Crippen MR) is 110 cm³/mol. The summed E-state index contributed by atoms with van der Waals surface area (Å²) in [5, 5.41) is 0.817. The standard InChI is InChI=1S/C22H21BrO4/c1-24-19-11-16(12-20(15-19)25-2)8-9-18-14-22(27-4)21(26-3)13-17(18)7-5-6-10-23/h11-15H,6,10H2,1-4H3. The summed E-state index contributed by atoms with van der Waals surface area (Å²) in [6, 6.07) is 9.19. The summed E-state index contributed by atoms with van der Waals surface area (Å²) in [4.78, 5) is 0. The van der Waals surface area contributed by atoms with Crippen LogP contribution in [0, 0.1) is 23.7 Å². The highest BCUT2D eigenvalue weighted by molar-refractivity contribution is 9.09. The highest BCUT2D eigenvalue weighted by Crippen LogP contribution is 2.30. The number of alkyl halides is 1. The fourth-order valence-corrected chi connectivity index (χ4v) is 2.51. The summed E-state index contributed by atoms with van der Waals surface area (Å²) in [7, 11) is 6.41. The minimum atomic E-state index is 0.607. The summed E-state index contributed by atoms with van der Waals surface area (Å²) in [6.07, 6.45) is 0.744. The fourth-order valence-electron chi connectivity index (χ4n) is 2.31. The molecule has 0 saturated carbocycles. The third-order valence-corrected chi connectivity index (χ3v) is 4.06. The molecular weight excluding hydrogens is 408 g/mol. The molecule has 0 saturated heterocycles. The second-order valence-electron chi connectivity index (χ2n) is 5.34. The number of methoxy groups -OCH3 is 4. The van der Waals surface area contributed by atoms with Gasteiger partial charge in [-0.25, -0.2) is 0 Å². The van der Waals surface area contributed by atoms with Crippen LogP contribution in [0.4, 0.5) is 0 Å². The lowest BCUT2D eigenvalue weighted by atomic mass is 10.1. The summed E-state index contributed by atoms with van der Waals surface area (Å²) >= 11 is 3.38. The second kappa shape index (κ2) is 10.4. The Labute approximate surface area is 168 Å². The molecule has 0 amide bonds. The van der Waals surface area contributed by atoms with Crippen LogP contribution in [0.3, 0.4) is 0 Å². The second-order valence-corrected chi connectivity index (χ2v) is 6.14. The number of benzene rings is 2. The van der Waals surface area contributed by atoms with Crippen LogP contribution in [0.1, 0.15) is 23.1 Å². The molecule has 0 aliphatic carbocycles. The maximum Gasteiger partial charge on any atom is 0.162 e. The Kier molecular flexibility index (Phi) is 7.92. The van der Waals surface area contributed by atoms with E-state index in [9.17, 15) is 0 Å². The molecule has 0 atom stereocenters. The molecule has 0 heterocycles. The molecule has 0 aromatic heterocycles. The molecule has 2 aromatic rings. The monoisotopic (exact) mass is 428 g/mol. The number of halogens is 1. The Morgan fingerprint density at radius 2 is 1.26 bits per heavy atom. The molecule has 5 heteroatoms. The molecule has 0 aliphatic heterocycles. The Morgan fingerprint density at radius 3 is 1.74 bits per heavy atom. The highest BCUT2D eigenvalue weighted by atomic mass is 79.9. The Hall–Kier alpha value is -2.76. The van der Waals surface area contributed by atoms with E-state index in [2.05, 4.69) is 39.6 Å². The zero-order valence-corrected chi connectivity index (χ0v) is 17.4. The Bertz CT molecular complexity index is 891. The van der Waals surface area contributed by atoms with E-state index >= 15 is 0 Å². The number of ether oxygens (including phenoxy) is 4. The van der Waals surface area contributed by atoms with E-state index in [0.717, 1.165) is 28.4 Å². The van der Waals surface area contributed by atoms with Crippen LogP contribution in [0.5, 0.6) is 23.0 Å². The molecule has 0 spiro atoms. The van der Waals surface area contributed by atoms with Gasteiger partial charge in [0.05, 0.1) is 28.4 Å². The van der Waals surface area contributed by atoms with Crippen molar-refractivity contribution in [2.24, 2.45) is 0 Å². The zero-order valence-electron chi connectivity index (χ0n) is 15.8. The van der Waals surface area contributed by atoms with Gasteiger partial charge in [0.15, 0.2) is 11.5 Å². The summed E-state index contributed by atoms with van der Waals surface area (Å²) < 4.78 is 21.4. The average Bonchev–Trinajstić information content (AvgIpc) is 2.71. The van der Waals surface area contributed by atoms with E-state index in [-0.39, 0.29) is 0 Å². The average molecular weight is 429 g/mol. The first-order chi connectivity index (χ1) is 13.1. The van der Waals surface area contributed by atoms with Crippen molar-refractivity contribution in [1.82, 2.24) is 0 Å². The quantitative estimate of drug-likeness (QED) is 0.526. The Morgan fingerprint density at radius 1 is 0.704 bits per heavy atom. The van der Waals surface area contributed by atoms with Crippen LogP contribution in [-0.4, -0.2) is 33.8 Å². The van der Waals surface area contributed by atoms with Gasteiger partial charge in [-0.3, -0.25) is 0 Å². The van der Waals surface area contributed by atoms with Gasteiger partial charge in [0.25, 0.3) is 0 Å². The van der Waals surface area contributed by atoms with Crippen LogP contribution < -0.4 is 18.9 Å². The molecule has 2 rings (SSSR count). The van der Waals surface area contributed by atoms with Gasteiger partial charge in [-0.05, 0) is 12.1 Å². The molecule has 0 unspecified atom stereocenters. The predicted octanol–water partition coefficient (Wildman–Crippen LogP) is 4.26. The Balaban J connectivity index is 2.52. The number of hydrogen-bond donors (Lipinski definition) is 0. The highest BCUT2D eigenvalue weighted by Gasteiger charge is 2.09. The van der Waals surface area contributed by atoms with Gasteiger partial charge in [-0.2, -0.15) is 0 Å². The topological polar surface area (TPSA) is 36.9 Å². The zero-order chi connectivity index (χ0) is 19.6. The van der Waals surface area contributed by atoms with Gasteiger partial charge >= 0.3 is 0 Å². The minimum Gasteiger partial charge on any atom is -0.497 e. The third kappa shape index (κ3) is 5.61. The molecule has 0 radical (unpaired) electrons. The van der Waals surface area contributed by atoms with Gasteiger partial charge in [-0.15, -0.1) is 0 Å².